The molecule has 1 saturated heterocycles. The van der Waals surface area contributed by atoms with Crippen molar-refractivity contribution in [1.82, 2.24) is 5.32 Å². The number of benzene rings is 1. The van der Waals surface area contributed by atoms with Gasteiger partial charge in [0.25, 0.3) is 0 Å². The maximum atomic E-state index is 9.72. The lowest BCUT2D eigenvalue weighted by Crippen LogP contribution is -2.13. The van der Waals surface area contributed by atoms with Gasteiger partial charge in [-0.2, -0.15) is 0 Å². The summed E-state index contributed by atoms with van der Waals surface area (Å²) in [7, 11) is 0. The van der Waals surface area contributed by atoms with Crippen molar-refractivity contribution >= 4 is 15.9 Å². The van der Waals surface area contributed by atoms with Crippen molar-refractivity contribution in [3.8, 4) is 5.75 Å². The summed E-state index contributed by atoms with van der Waals surface area (Å²) in [4.78, 5) is 0. The van der Waals surface area contributed by atoms with Crippen LogP contribution in [0.15, 0.2) is 22.7 Å². The van der Waals surface area contributed by atoms with Gasteiger partial charge in [-0.3, -0.25) is 0 Å². The van der Waals surface area contributed by atoms with E-state index in [0.29, 0.717) is 17.7 Å². The number of nitrogens with one attached hydrogen (secondary N) is 1. The summed E-state index contributed by atoms with van der Waals surface area (Å²) in [6, 6.07) is 5.90. The Labute approximate surface area is 92.5 Å². The molecule has 3 heteroatoms. The molecular weight excluding hydrogens is 242 g/mol. The number of aromatic hydroxyl groups is 1. The number of phenolic OH excluding ortho intramolecular Hbond substituents is 1. The summed E-state index contributed by atoms with van der Waals surface area (Å²) >= 11 is 3.42. The molecule has 0 radical (unpaired) electrons. The molecule has 14 heavy (non-hydrogen) atoms. The Hall–Kier alpha value is -0.540. The van der Waals surface area contributed by atoms with Crippen LogP contribution in [-0.4, -0.2) is 11.7 Å². The number of hydrogen-bond donors (Lipinski definition) is 2. The highest BCUT2D eigenvalue weighted by atomic mass is 79.9. The third-order valence-electron chi connectivity index (χ3n) is 2.72. The largest absolute Gasteiger partial charge is 0.508 e. The van der Waals surface area contributed by atoms with Gasteiger partial charge < -0.3 is 10.4 Å². The average Bonchev–Trinajstić information content (AvgIpc) is 2.56. The zero-order valence-electron chi connectivity index (χ0n) is 8.13. The van der Waals surface area contributed by atoms with E-state index >= 15 is 0 Å². The van der Waals surface area contributed by atoms with Gasteiger partial charge in [-0.05, 0) is 37.1 Å². The van der Waals surface area contributed by atoms with Crippen molar-refractivity contribution in [2.24, 2.45) is 5.92 Å². The first-order chi connectivity index (χ1) is 6.66. The Morgan fingerprint density at radius 3 is 2.93 bits per heavy atom. The van der Waals surface area contributed by atoms with E-state index in [1.807, 2.05) is 12.1 Å². The minimum absolute atomic E-state index is 0.308. The summed E-state index contributed by atoms with van der Waals surface area (Å²) in [5.74, 6) is 1.08. The van der Waals surface area contributed by atoms with Crippen molar-refractivity contribution in [3.05, 3.63) is 28.2 Å². The second-order valence-corrected chi connectivity index (χ2v) is 4.92. The maximum absolute atomic E-state index is 9.72. The second-order valence-electron chi connectivity index (χ2n) is 4.00. The van der Waals surface area contributed by atoms with Crippen LogP contribution in [0, 0.1) is 5.92 Å². The highest BCUT2D eigenvalue weighted by molar-refractivity contribution is 9.10. The molecule has 1 heterocycles. The lowest BCUT2D eigenvalue weighted by atomic mass is 10.0. The van der Waals surface area contributed by atoms with Gasteiger partial charge in [-0.1, -0.05) is 22.9 Å². The van der Waals surface area contributed by atoms with Gasteiger partial charge in [0.15, 0.2) is 0 Å². The van der Waals surface area contributed by atoms with Gasteiger partial charge >= 0.3 is 0 Å². The van der Waals surface area contributed by atoms with Crippen molar-refractivity contribution < 1.29 is 5.11 Å². The molecule has 2 atom stereocenters. The number of rotatable bonds is 1. The smallest absolute Gasteiger partial charge is 0.120 e. The van der Waals surface area contributed by atoms with Crippen LogP contribution in [0.25, 0.3) is 0 Å². The predicted molar refractivity (Wildman–Crippen MR) is 60.3 cm³/mol. The van der Waals surface area contributed by atoms with Gasteiger partial charge in [-0.25, -0.2) is 0 Å². The fourth-order valence-corrected chi connectivity index (χ4v) is 2.33. The van der Waals surface area contributed by atoms with E-state index in [1.165, 1.54) is 0 Å². The highest BCUT2D eigenvalue weighted by Crippen LogP contribution is 2.33. The number of phenols is 1. The van der Waals surface area contributed by atoms with Gasteiger partial charge in [0.1, 0.15) is 5.75 Å². The first-order valence-electron chi connectivity index (χ1n) is 4.88. The Kier molecular flexibility index (Phi) is 2.79. The van der Waals surface area contributed by atoms with Crippen LogP contribution in [0.5, 0.6) is 5.75 Å². The molecule has 76 valence electrons. The van der Waals surface area contributed by atoms with E-state index in [4.69, 9.17) is 0 Å². The van der Waals surface area contributed by atoms with E-state index in [-0.39, 0.29) is 0 Å². The van der Waals surface area contributed by atoms with Crippen molar-refractivity contribution in [1.29, 1.82) is 0 Å². The fraction of sp³-hybridized carbons (Fsp3) is 0.455. The zero-order valence-corrected chi connectivity index (χ0v) is 9.71. The van der Waals surface area contributed by atoms with Crippen LogP contribution >= 0.6 is 15.9 Å². The maximum Gasteiger partial charge on any atom is 0.120 e. The summed E-state index contributed by atoms with van der Waals surface area (Å²) < 4.78 is 1.02. The molecule has 0 spiro atoms. The molecule has 0 bridgehead atoms. The van der Waals surface area contributed by atoms with Crippen LogP contribution in [0.2, 0.25) is 0 Å². The lowest BCUT2D eigenvalue weighted by Gasteiger charge is -2.12. The van der Waals surface area contributed by atoms with Crippen LogP contribution in [0.3, 0.4) is 0 Å². The molecule has 2 rings (SSSR count). The quantitative estimate of drug-likeness (QED) is 0.809. The fourth-order valence-electron chi connectivity index (χ4n) is 1.95. The third kappa shape index (κ3) is 1.93. The summed E-state index contributed by atoms with van der Waals surface area (Å²) in [6.07, 6.45) is 1.10. The lowest BCUT2D eigenvalue weighted by molar-refractivity contribution is 0.455. The molecule has 1 aliphatic rings. The van der Waals surface area contributed by atoms with Crippen molar-refractivity contribution in [2.45, 2.75) is 19.4 Å². The molecule has 1 aromatic rings. The number of hydrogen-bond acceptors (Lipinski definition) is 2. The minimum Gasteiger partial charge on any atom is -0.508 e. The van der Waals surface area contributed by atoms with Crippen LogP contribution < -0.4 is 5.32 Å². The van der Waals surface area contributed by atoms with E-state index in [1.54, 1.807) is 6.07 Å². The summed E-state index contributed by atoms with van der Waals surface area (Å²) in [6.45, 7) is 3.26. The van der Waals surface area contributed by atoms with Crippen LogP contribution in [-0.2, 0) is 0 Å². The Bertz CT molecular complexity index is 340. The first-order valence-corrected chi connectivity index (χ1v) is 5.68. The Balaban J connectivity index is 2.27. The normalized spacial score (nSPS) is 26.7. The first kappa shape index (κ1) is 9.99. The monoisotopic (exact) mass is 255 g/mol. The SMILES string of the molecule is CC1CNC(c2cc(Br)ccc2O)C1. The van der Waals surface area contributed by atoms with Gasteiger partial charge in [-0.15, -0.1) is 0 Å². The Morgan fingerprint density at radius 1 is 1.50 bits per heavy atom. The molecule has 1 fully saturated rings. The molecular formula is C11H14BrNO. The molecule has 2 N–H and O–H groups in total. The van der Waals surface area contributed by atoms with Crippen molar-refractivity contribution in [2.75, 3.05) is 6.54 Å². The van der Waals surface area contributed by atoms with E-state index in [2.05, 4.69) is 28.2 Å². The van der Waals surface area contributed by atoms with Crippen LogP contribution in [0.1, 0.15) is 24.9 Å². The molecule has 1 aliphatic heterocycles. The molecule has 0 saturated carbocycles. The van der Waals surface area contributed by atoms with Crippen LogP contribution in [0.4, 0.5) is 0 Å². The topological polar surface area (TPSA) is 32.3 Å². The van der Waals surface area contributed by atoms with E-state index in [9.17, 15) is 5.11 Å². The summed E-state index contributed by atoms with van der Waals surface area (Å²) in [5, 5.41) is 13.1. The zero-order chi connectivity index (χ0) is 10.1. The molecule has 2 unspecified atom stereocenters. The highest BCUT2D eigenvalue weighted by Gasteiger charge is 2.24. The van der Waals surface area contributed by atoms with E-state index < -0.39 is 0 Å². The minimum atomic E-state index is 0.308. The summed E-state index contributed by atoms with van der Waals surface area (Å²) in [5.41, 5.74) is 1.00. The van der Waals surface area contributed by atoms with E-state index in [0.717, 1.165) is 23.0 Å². The average molecular weight is 256 g/mol. The second kappa shape index (κ2) is 3.91. The van der Waals surface area contributed by atoms with Gasteiger partial charge in [0.05, 0.1) is 0 Å². The van der Waals surface area contributed by atoms with Gasteiger partial charge in [0.2, 0.25) is 0 Å². The van der Waals surface area contributed by atoms with Gasteiger partial charge in [0, 0.05) is 16.1 Å². The van der Waals surface area contributed by atoms with Crippen molar-refractivity contribution in [3.63, 3.8) is 0 Å². The standard InChI is InChI=1S/C11H14BrNO/c1-7-4-10(13-6-7)9-5-8(12)2-3-11(9)14/h2-3,5,7,10,13-14H,4,6H2,1H3. The molecule has 0 aliphatic carbocycles. The molecule has 2 nitrogen and oxygen atoms in total. The third-order valence-corrected chi connectivity index (χ3v) is 3.21. The molecule has 1 aromatic carbocycles. The Morgan fingerprint density at radius 2 is 2.29 bits per heavy atom. The number of halogens is 1. The molecule has 0 aromatic heterocycles. The molecule has 0 amide bonds. The predicted octanol–water partition coefficient (Wildman–Crippen LogP) is 2.83.